The summed E-state index contributed by atoms with van der Waals surface area (Å²) in [6.45, 7) is 10.8. The number of thiophene rings is 1. The van der Waals surface area contributed by atoms with Crippen molar-refractivity contribution in [2.24, 2.45) is 0 Å². The van der Waals surface area contributed by atoms with Gasteiger partial charge in [-0.25, -0.2) is 4.98 Å². The van der Waals surface area contributed by atoms with E-state index in [9.17, 15) is 0 Å². The van der Waals surface area contributed by atoms with Crippen LogP contribution in [0.5, 0.6) is 0 Å². The van der Waals surface area contributed by atoms with E-state index in [1.807, 2.05) is 17.5 Å². The van der Waals surface area contributed by atoms with Crippen LogP contribution in [0.3, 0.4) is 0 Å². The number of nitrogens with zero attached hydrogens (tertiary/aromatic N) is 2. The van der Waals surface area contributed by atoms with Crippen LogP contribution < -0.4 is 0 Å². The van der Waals surface area contributed by atoms with Crippen LogP contribution in [-0.4, -0.2) is 22.7 Å². The second-order valence-electron chi connectivity index (χ2n) is 6.50. The molecule has 3 aromatic heterocycles. The molecule has 0 spiro atoms. The number of benzene rings is 1. The molecule has 2 nitrogen and oxygen atoms in total. The number of fused-ring (bicyclic) bond motifs is 2. The van der Waals surface area contributed by atoms with Crippen LogP contribution >= 0.6 is 19.9 Å². The molecule has 0 radical (unpaired) electrons. The first-order valence-electron chi connectivity index (χ1n) is 8.52. The molecular formula is C21H25N2PS. The molecule has 0 aliphatic carbocycles. The van der Waals surface area contributed by atoms with Gasteiger partial charge < -0.3 is 4.40 Å². The van der Waals surface area contributed by atoms with E-state index in [-0.39, 0.29) is 0 Å². The Bertz CT molecular complexity index is 1010. The zero-order valence-electron chi connectivity index (χ0n) is 15.6. The van der Waals surface area contributed by atoms with Gasteiger partial charge in [0.15, 0.2) is 0 Å². The zero-order valence-corrected chi connectivity index (χ0v) is 17.4. The van der Waals surface area contributed by atoms with Crippen molar-refractivity contribution in [3.05, 3.63) is 70.0 Å². The average Bonchev–Trinajstić information content (AvgIpc) is 3.15. The van der Waals surface area contributed by atoms with Gasteiger partial charge in [0.05, 0.1) is 0 Å². The van der Waals surface area contributed by atoms with Gasteiger partial charge in [0, 0.05) is 29.2 Å². The lowest BCUT2D eigenvalue weighted by Crippen LogP contribution is -1.96. The van der Waals surface area contributed by atoms with E-state index in [2.05, 4.69) is 79.3 Å². The van der Waals surface area contributed by atoms with Crippen LogP contribution in [0.1, 0.15) is 27.9 Å². The molecular weight excluding hydrogens is 343 g/mol. The van der Waals surface area contributed by atoms with E-state index in [1.54, 1.807) is 0 Å². The minimum Gasteiger partial charge on any atom is -0.303 e. The molecule has 1 aromatic carbocycles. The lowest BCUT2D eigenvalue weighted by atomic mass is 10.0. The highest BCUT2D eigenvalue weighted by Crippen LogP contribution is 2.30. The number of aromatic nitrogens is 2. The number of hydrogen-bond acceptors (Lipinski definition) is 2. The van der Waals surface area contributed by atoms with Gasteiger partial charge in [-0.1, -0.05) is 12.1 Å². The number of hydrogen-bond donors (Lipinski definition) is 0. The third-order valence-electron chi connectivity index (χ3n) is 4.45. The fraction of sp³-hybridized carbons (Fsp3) is 0.286. The maximum Gasteiger partial charge on any atom is 0.137 e. The van der Waals surface area contributed by atoms with Gasteiger partial charge in [0.2, 0.25) is 0 Å². The molecule has 0 saturated heterocycles. The Labute approximate surface area is 155 Å². The molecule has 4 aromatic rings. The summed E-state index contributed by atoms with van der Waals surface area (Å²) < 4.78 is 3.60. The van der Waals surface area contributed by atoms with Gasteiger partial charge >= 0.3 is 0 Å². The molecule has 0 saturated carbocycles. The maximum atomic E-state index is 4.57. The molecule has 130 valence electrons. The van der Waals surface area contributed by atoms with Crippen LogP contribution in [-0.2, 0) is 6.42 Å². The molecule has 0 atom stereocenters. The topological polar surface area (TPSA) is 17.3 Å². The van der Waals surface area contributed by atoms with Crippen molar-refractivity contribution in [3.8, 4) is 0 Å². The summed E-state index contributed by atoms with van der Waals surface area (Å²) >= 11 is 1.83. The number of rotatable bonds is 2. The largest absolute Gasteiger partial charge is 0.303 e. The van der Waals surface area contributed by atoms with Crippen LogP contribution in [0.4, 0.5) is 0 Å². The summed E-state index contributed by atoms with van der Waals surface area (Å²) in [6.07, 6.45) is 5.14. The van der Waals surface area contributed by atoms with Crippen molar-refractivity contribution in [1.29, 1.82) is 0 Å². The summed E-state index contributed by atoms with van der Waals surface area (Å²) in [7, 11) is 1.08. The molecule has 0 aliphatic rings. The SMILES string of the molecule is CPC.Cc1cc2ncc(Cc3csc4cccc(C)c34)n2cc1C. The fourth-order valence-electron chi connectivity index (χ4n) is 3.07. The molecule has 0 aliphatic heterocycles. The zero-order chi connectivity index (χ0) is 18.0. The predicted octanol–water partition coefficient (Wildman–Crippen LogP) is 5.99. The third-order valence-corrected chi connectivity index (χ3v) is 5.44. The van der Waals surface area contributed by atoms with E-state index < -0.39 is 0 Å². The highest BCUT2D eigenvalue weighted by atomic mass is 32.1. The monoisotopic (exact) mass is 368 g/mol. The molecule has 0 fully saturated rings. The van der Waals surface area contributed by atoms with E-state index in [4.69, 9.17) is 0 Å². The van der Waals surface area contributed by atoms with Gasteiger partial charge in [-0.15, -0.1) is 19.9 Å². The Kier molecular flexibility index (Phi) is 5.56. The number of imidazole rings is 1. The molecule has 0 unspecified atom stereocenters. The number of aryl methyl sites for hydroxylation is 3. The second-order valence-corrected chi connectivity index (χ2v) is 8.41. The fourth-order valence-corrected chi connectivity index (χ4v) is 4.11. The third kappa shape index (κ3) is 3.63. The quantitative estimate of drug-likeness (QED) is 0.397. The second kappa shape index (κ2) is 7.68. The first-order chi connectivity index (χ1) is 12.0. The van der Waals surface area contributed by atoms with Crippen molar-refractivity contribution in [2.45, 2.75) is 27.2 Å². The van der Waals surface area contributed by atoms with Crippen molar-refractivity contribution in [3.63, 3.8) is 0 Å². The molecule has 0 bridgehead atoms. The first-order valence-corrected chi connectivity index (χ1v) is 11.4. The summed E-state index contributed by atoms with van der Waals surface area (Å²) in [6, 6.07) is 8.70. The standard InChI is InChI=1S/C19H18N2S.C2H7P/c1-12-5-4-6-17-19(12)15(11-22-17)8-16-9-20-18-7-13(2)14(3)10-21(16)18;1-3-2/h4-7,9-11H,8H2,1-3H3;3H,1-2H3. The average molecular weight is 368 g/mol. The summed E-state index contributed by atoms with van der Waals surface area (Å²) in [4.78, 5) is 4.57. The Hall–Kier alpha value is -1.70. The van der Waals surface area contributed by atoms with Gasteiger partial charge in [-0.05, 0) is 79.3 Å². The smallest absolute Gasteiger partial charge is 0.137 e. The predicted molar refractivity (Wildman–Crippen MR) is 114 cm³/mol. The summed E-state index contributed by atoms with van der Waals surface area (Å²) in [5, 5.41) is 3.70. The van der Waals surface area contributed by atoms with E-state index in [0.29, 0.717) is 0 Å². The van der Waals surface area contributed by atoms with Crippen molar-refractivity contribution in [2.75, 3.05) is 13.3 Å². The Morgan fingerprint density at radius 2 is 1.84 bits per heavy atom. The molecule has 0 amide bonds. The highest BCUT2D eigenvalue weighted by Gasteiger charge is 2.11. The van der Waals surface area contributed by atoms with Gasteiger partial charge in [0.1, 0.15) is 5.65 Å². The van der Waals surface area contributed by atoms with E-state index in [1.165, 1.54) is 38.0 Å². The van der Waals surface area contributed by atoms with Gasteiger partial charge in [0.25, 0.3) is 0 Å². The minimum absolute atomic E-state index is 0.925. The van der Waals surface area contributed by atoms with Crippen LogP contribution in [0.2, 0.25) is 0 Å². The molecule has 4 rings (SSSR count). The molecule has 3 heterocycles. The lowest BCUT2D eigenvalue weighted by Gasteiger charge is -2.06. The van der Waals surface area contributed by atoms with E-state index >= 15 is 0 Å². The van der Waals surface area contributed by atoms with Crippen molar-refractivity contribution < 1.29 is 0 Å². The molecule has 4 heteroatoms. The van der Waals surface area contributed by atoms with Crippen molar-refractivity contribution in [1.82, 2.24) is 9.38 Å². The Morgan fingerprint density at radius 1 is 1.08 bits per heavy atom. The number of pyridine rings is 1. The first kappa shape index (κ1) is 18.1. The maximum absolute atomic E-state index is 4.57. The summed E-state index contributed by atoms with van der Waals surface area (Å²) in [5.74, 6) is 0. The van der Waals surface area contributed by atoms with Crippen molar-refractivity contribution >= 4 is 35.7 Å². The van der Waals surface area contributed by atoms with Crippen LogP contribution in [0, 0.1) is 20.8 Å². The molecule has 0 N–H and O–H groups in total. The highest BCUT2D eigenvalue weighted by molar-refractivity contribution is 7.35. The van der Waals surface area contributed by atoms with Crippen LogP contribution in [0.15, 0.2) is 42.0 Å². The Balaban J connectivity index is 0.000000569. The normalized spacial score (nSPS) is 10.9. The lowest BCUT2D eigenvalue weighted by molar-refractivity contribution is 1.02. The van der Waals surface area contributed by atoms with Crippen LogP contribution in [0.25, 0.3) is 15.7 Å². The van der Waals surface area contributed by atoms with E-state index in [0.717, 1.165) is 20.6 Å². The Morgan fingerprint density at radius 3 is 2.60 bits per heavy atom. The van der Waals surface area contributed by atoms with Gasteiger partial charge in [-0.2, -0.15) is 0 Å². The summed E-state index contributed by atoms with van der Waals surface area (Å²) in [5.41, 5.74) is 7.64. The molecule has 25 heavy (non-hydrogen) atoms. The van der Waals surface area contributed by atoms with Gasteiger partial charge in [-0.3, -0.25) is 0 Å². The minimum atomic E-state index is 0.925.